The number of alkyl halides is 6. The maximum absolute atomic E-state index is 13.8. The molecule has 0 radical (unpaired) electrons. The molecule has 0 fully saturated rings. The van der Waals surface area contributed by atoms with E-state index in [1.165, 1.54) is 6.07 Å². The molecule has 2 nitrogen and oxygen atoms in total. The quantitative estimate of drug-likeness (QED) is 0.495. The van der Waals surface area contributed by atoms with Gasteiger partial charge >= 0.3 is 12.4 Å². The molecule has 0 aliphatic carbocycles. The van der Waals surface area contributed by atoms with Crippen molar-refractivity contribution in [1.82, 2.24) is 0 Å². The average molecular weight is 428 g/mol. The maximum Gasteiger partial charge on any atom is 0.435 e. The van der Waals surface area contributed by atoms with Crippen LogP contribution in [0, 0.1) is 0 Å². The summed E-state index contributed by atoms with van der Waals surface area (Å²) < 4.78 is 79.5. The van der Waals surface area contributed by atoms with Gasteiger partial charge in [-0.1, -0.05) is 40.5 Å². The van der Waals surface area contributed by atoms with Gasteiger partial charge in [0.1, 0.15) is 0 Å². The average Bonchev–Trinajstić information content (AvgIpc) is 3.00. The summed E-state index contributed by atoms with van der Waals surface area (Å²) in [6, 6.07) is 7.01. The van der Waals surface area contributed by atoms with E-state index < -0.39 is 29.9 Å². The standard InChI is InChI=1S/C17H9Cl2F6NO/c18-12-5-11(6-13(19)7-12)15(17(23,24)25)8-14(26-27-15)9-1-3-10(4-2-9)16(20,21)22/h1-7H,8H2. The molecule has 0 amide bonds. The fourth-order valence-corrected chi connectivity index (χ4v) is 3.22. The number of rotatable bonds is 2. The second-order valence-electron chi connectivity index (χ2n) is 5.86. The third-order valence-corrected chi connectivity index (χ3v) is 4.50. The molecule has 1 aliphatic heterocycles. The van der Waals surface area contributed by atoms with E-state index in [2.05, 4.69) is 5.16 Å². The van der Waals surface area contributed by atoms with Gasteiger partial charge in [-0.2, -0.15) is 26.3 Å². The van der Waals surface area contributed by atoms with E-state index in [1.807, 2.05) is 0 Å². The number of nitrogens with zero attached hydrogens (tertiary/aromatic N) is 1. The van der Waals surface area contributed by atoms with Gasteiger partial charge < -0.3 is 4.84 Å². The van der Waals surface area contributed by atoms with E-state index in [0.717, 1.165) is 36.4 Å². The van der Waals surface area contributed by atoms with Crippen LogP contribution >= 0.6 is 23.2 Å². The van der Waals surface area contributed by atoms with Crippen molar-refractivity contribution in [3.8, 4) is 0 Å². The van der Waals surface area contributed by atoms with Crippen LogP contribution in [0.25, 0.3) is 0 Å². The van der Waals surface area contributed by atoms with Crippen LogP contribution in [0.5, 0.6) is 0 Å². The minimum Gasteiger partial charge on any atom is -0.374 e. The molecule has 0 N–H and O–H groups in total. The summed E-state index contributed by atoms with van der Waals surface area (Å²) in [5, 5.41) is 3.44. The number of halogens is 8. The smallest absolute Gasteiger partial charge is 0.374 e. The molecule has 0 saturated heterocycles. The lowest BCUT2D eigenvalue weighted by molar-refractivity contribution is -0.275. The van der Waals surface area contributed by atoms with Crippen LogP contribution in [-0.2, 0) is 16.6 Å². The highest BCUT2D eigenvalue weighted by molar-refractivity contribution is 6.34. The molecule has 1 atom stereocenters. The van der Waals surface area contributed by atoms with Crippen molar-refractivity contribution in [3.05, 3.63) is 69.2 Å². The third kappa shape index (κ3) is 3.73. The Morgan fingerprint density at radius 2 is 1.44 bits per heavy atom. The van der Waals surface area contributed by atoms with Crippen molar-refractivity contribution in [2.75, 3.05) is 0 Å². The lowest BCUT2D eigenvalue weighted by Crippen LogP contribution is -2.42. The minimum atomic E-state index is -4.88. The Kier molecular flexibility index (Phi) is 4.84. The van der Waals surface area contributed by atoms with Gasteiger partial charge in [0.15, 0.2) is 0 Å². The van der Waals surface area contributed by atoms with Crippen LogP contribution in [0.3, 0.4) is 0 Å². The Labute approximate surface area is 159 Å². The highest BCUT2D eigenvalue weighted by Gasteiger charge is 2.62. The van der Waals surface area contributed by atoms with Crippen LogP contribution < -0.4 is 0 Å². The molecular weight excluding hydrogens is 419 g/mol. The zero-order chi connectivity index (χ0) is 20.0. The van der Waals surface area contributed by atoms with Crippen molar-refractivity contribution in [2.24, 2.45) is 5.16 Å². The second-order valence-corrected chi connectivity index (χ2v) is 6.74. The van der Waals surface area contributed by atoms with E-state index in [1.54, 1.807) is 0 Å². The molecule has 144 valence electrons. The molecule has 27 heavy (non-hydrogen) atoms. The van der Waals surface area contributed by atoms with Gasteiger partial charge in [-0.3, -0.25) is 0 Å². The highest BCUT2D eigenvalue weighted by Crippen LogP contribution is 2.49. The zero-order valence-electron chi connectivity index (χ0n) is 13.1. The molecule has 2 aromatic carbocycles. The SMILES string of the molecule is FC(F)(F)c1ccc(C2=NOC(c3cc(Cl)cc(Cl)c3)(C(F)(F)F)C2)cc1. The fraction of sp³-hybridized carbons (Fsp3) is 0.235. The molecule has 0 saturated carbocycles. The predicted octanol–water partition coefficient (Wildman–Crippen LogP) is 6.59. The monoisotopic (exact) mass is 427 g/mol. The van der Waals surface area contributed by atoms with Crippen LogP contribution in [0.15, 0.2) is 47.6 Å². The Morgan fingerprint density at radius 1 is 0.889 bits per heavy atom. The van der Waals surface area contributed by atoms with Gasteiger partial charge in [-0.25, -0.2) is 0 Å². The molecule has 0 spiro atoms. The first-order valence-electron chi connectivity index (χ1n) is 7.38. The van der Waals surface area contributed by atoms with Crippen LogP contribution in [0.1, 0.15) is 23.1 Å². The summed E-state index contributed by atoms with van der Waals surface area (Å²) in [6.45, 7) is 0. The van der Waals surface area contributed by atoms with Crippen molar-refractivity contribution in [1.29, 1.82) is 0 Å². The first-order valence-corrected chi connectivity index (χ1v) is 8.14. The zero-order valence-corrected chi connectivity index (χ0v) is 14.6. The molecule has 1 aliphatic rings. The number of oxime groups is 1. The summed E-state index contributed by atoms with van der Waals surface area (Å²) >= 11 is 11.6. The second kappa shape index (κ2) is 6.60. The topological polar surface area (TPSA) is 21.6 Å². The van der Waals surface area contributed by atoms with Gasteiger partial charge in [0.25, 0.3) is 5.60 Å². The van der Waals surface area contributed by atoms with Crippen molar-refractivity contribution in [3.63, 3.8) is 0 Å². The molecule has 1 unspecified atom stereocenters. The lowest BCUT2D eigenvalue weighted by Gasteiger charge is -2.29. The first-order chi connectivity index (χ1) is 12.4. The summed E-state index contributed by atoms with van der Waals surface area (Å²) in [7, 11) is 0. The van der Waals surface area contributed by atoms with E-state index >= 15 is 0 Å². The van der Waals surface area contributed by atoms with Gasteiger partial charge in [-0.15, -0.1) is 0 Å². The largest absolute Gasteiger partial charge is 0.435 e. The summed E-state index contributed by atoms with van der Waals surface area (Å²) in [6.07, 6.45) is -10.2. The molecule has 3 rings (SSSR count). The minimum absolute atomic E-state index is 0.0206. The number of benzene rings is 2. The van der Waals surface area contributed by atoms with E-state index in [0.29, 0.717) is 0 Å². The normalized spacial score (nSPS) is 20.4. The molecule has 0 aromatic heterocycles. The van der Waals surface area contributed by atoms with Crippen LogP contribution in [0.2, 0.25) is 10.0 Å². The molecule has 1 heterocycles. The van der Waals surface area contributed by atoms with Crippen molar-refractivity contribution in [2.45, 2.75) is 24.4 Å². The maximum atomic E-state index is 13.8. The fourth-order valence-electron chi connectivity index (χ4n) is 2.70. The number of hydrogen-bond donors (Lipinski definition) is 0. The van der Waals surface area contributed by atoms with Crippen LogP contribution in [-0.4, -0.2) is 11.9 Å². The van der Waals surface area contributed by atoms with Gasteiger partial charge in [0, 0.05) is 22.0 Å². The Hall–Kier alpha value is -1.93. The third-order valence-electron chi connectivity index (χ3n) is 4.06. The van der Waals surface area contributed by atoms with Gasteiger partial charge in [0.2, 0.25) is 0 Å². The summed E-state index contributed by atoms with van der Waals surface area (Å²) in [4.78, 5) is 4.79. The van der Waals surface area contributed by atoms with Crippen LogP contribution in [0.4, 0.5) is 26.3 Å². The lowest BCUT2D eigenvalue weighted by atomic mass is 9.86. The van der Waals surface area contributed by atoms with Gasteiger partial charge in [-0.05, 0) is 35.9 Å². The molecular formula is C17H9Cl2F6NO. The Bertz CT molecular complexity index is 872. The Morgan fingerprint density at radius 3 is 1.93 bits per heavy atom. The number of hydrogen-bond acceptors (Lipinski definition) is 2. The van der Waals surface area contributed by atoms with Crippen molar-refractivity contribution >= 4 is 28.9 Å². The van der Waals surface area contributed by atoms with Crippen molar-refractivity contribution < 1.29 is 31.2 Å². The van der Waals surface area contributed by atoms with Gasteiger partial charge in [0.05, 0.1) is 11.3 Å². The predicted molar refractivity (Wildman–Crippen MR) is 87.9 cm³/mol. The molecule has 2 aromatic rings. The Balaban J connectivity index is 1.97. The summed E-state index contributed by atoms with van der Waals surface area (Å²) in [5.41, 5.74) is -4.16. The first kappa shape index (κ1) is 19.8. The highest BCUT2D eigenvalue weighted by atomic mass is 35.5. The summed E-state index contributed by atoms with van der Waals surface area (Å²) in [5.74, 6) is 0. The molecule has 0 bridgehead atoms. The van der Waals surface area contributed by atoms with E-state index in [4.69, 9.17) is 28.0 Å². The van der Waals surface area contributed by atoms with E-state index in [9.17, 15) is 26.3 Å². The molecule has 10 heteroatoms. The van der Waals surface area contributed by atoms with E-state index in [-0.39, 0.29) is 26.9 Å².